The Kier molecular flexibility index (Phi) is 7.29. The maximum Gasteiger partial charge on any atom is 0.326 e. The first kappa shape index (κ1) is 22.7. The average molecular weight is 422 g/mol. The first-order chi connectivity index (χ1) is 13.5. The summed E-state index contributed by atoms with van der Waals surface area (Å²) in [6.45, 7) is 7.04. The second kappa shape index (κ2) is 9.30. The molecule has 1 heterocycles. The number of amides is 3. The van der Waals surface area contributed by atoms with Crippen molar-refractivity contribution in [1.82, 2.24) is 15.5 Å². The Bertz CT molecular complexity index is 788. The Labute approximate surface area is 174 Å². The van der Waals surface area contributed by atoms with E-state index in [1.165, 1.54) is 23.6 Å². The van der Waals surface area contributed by atoms with Crippen LogP contribution in [0.5, 0.6) is 0 Å². The molecule has 1 aliphatic heterocycles. The van der Waals surface area contributed by atoms with Gasteiger partial charge in [0.25, 0.3) is 5.91 Å². The molecule has 1 aliphatic rings. The van der Waals surface area contributed by atoms with Gasteiger partial charge in [-0.2, -0.15) is 0 Å². The number of carboxylic acid groups (broad SMARTS) is 1. The molecule has 0 aromatic heterocycles. The molecular formula is C20H27N3O5S. The molecule has 0 radical (unpaired) electrons. The highest BCUT2D eigenvalue weighted by atomic mass is 32.2. The minimum Gasteiger partial charge on any atom is -0.480 e. The molecule has 0 saturated carbocycles. The second-order valence-corrected chi connectivity index (χ2v) is 9.01. The molecule has 2 rings (SSSR count). The fourth-order valence-electron chi connectivity index (χ4n) is 2.88. The van der Waals surface area contributed by atoms with Gasteiger partial charge in [0.2, 0.25) is 11.8 Å². The van der Waals surface area contributed by atoms with Crippen molar-refractivity contribution >= 4 is 35.5 Å². The van der Waals surface area contributed by atoms with Gasteiger partial charge in [0.05, 0.1) is 5.88 Å². The molecule has 1 saturated heterocycles. The predicted octanol–water partition coefficient (Wildman–Crippen LogP) is 1.25. The molecule has 8 nitrogen and oxygen atoms in total. The third-order valence-electron chi connectivity index (χ3n) is 4.35. The Balaban J connectivity index is 2.03. The van der Waals surface area contributed by atoms with Gasteiger partial charge in [-0.15, -0.1) is 11.8 Å². The number of carboxylic acids is 1. The number of nitrogens with one attached hydrogen (secondary N) is 2. The van der Waals surface area contributed by atoms with Gasteiger partial charge >= 0.3 is 5.97 Å². The summed E-state index contributed by atoms with van der Waals surface area (Å²) < 4.78 is 0. The van der Waals surface area contributed by atoms with Crippen molar-refractivity contribution in [3.05, 3.63) is 35.4 Å². The van der Waals surface area contributed by atoms with Gasteiger partial charge in [0.1, 0.15) is 12.1 Å². The van der Waals surface area contributed by atoms with Crippen molar-refractivity contribution in [3.63, 3.8) is 0 Å². The van der Waals surface area contributed by atoms with Crippen molar-refractivity contribution in [3.8, 4) is 0 Å². The highest BCUT2D eigenvalue weighted by Crippen LogP contribution is 2.21. The summed E-state index contributed by atoms with van der Waals surface area (Å²) in [6, 6.07) is 4.81. The molecule has 3 amide bonds. The molecule has 29 heavy (non-hydrogen) atoms. The fraction of sp³-hybridized carbons (Fsp3) is 0.500. The van der Waals surface area contributed by atoms with E-state index in [1.54, 1.807) is 24.3 Å². The Hall–Kier alpha value is -2.55. The van der Waals surface area contributed by atoms with Gasteiger partial charge in [0.15, 0.2) is 0 Å². The molecule has 1 fully saturated rings. The molecule has 0 aliphatic carbocycles. The van der Waals surface area contributed by atoms with Crippen molar-refractivity contribution in [2.45, 2.75) is 51.7 Å². The number of carbonyl (C=O) groups is 4. The molecule has 158 valence electrons. The summed E-state index contributed by atoms with van der Waals surface area (Å²) in [7, 11) is 0. The van der Waals surface area contributed by atoms with E-state index >= 15 is 0 Å². The molecule has 0 spiro atoms. The van der Waals surface area contributed by atoms with E-state index in [-0.39, 0.29) is 23.8 Å². The molecule has 1 aromatic carbocycles. The highest BCUT2D eigenvalue weighted by Gasteiger charge is 2.35. The van der Waals surface area contributed by atoms with Gasteiger partial charge in [-0.05, 0) is 38.5 Å². The largest absolute Gasteiger partial charge is 0.480 e. The zero-order valence-corrected chi connectivity index (χ0v) is 17.8. The van der Waals surface area contributed by atoms with Crippen LogP contribution in [0, 0.1) is 0 Å². The third kappa shape index (κ3) is 6.49. The third-order valence-corrected chi connectivity index (χ3v) is 5.36. The quantitative estimate of drug-likeness (QED) is 0.637. The highest BCUT2D eigenvalue weighted by molar-refractivity contribution is 7.99. The number of benzene rings is 1. The number of hydrogen-bond acceptors (Lipinski definition) is 5. The molecule has 2 atom stereocenters. The first-order valence-electron chi connectivity index (χ1n) is 9.27. The summed E-state index contributed by atoms with van der Waals surface area (Å²) in [6.07, 6.45) is 0.0716. The van der Waals surface area contributed by atoms with Crippen molar-refractivity contribution in [2.24, 2.45) is 0 Å². The molecule has 3 N–H and O–H groups in total. The number of hydrogen-bond donors (Lipinski definition) is 3. The van der Waals surface area contributed by atoms with Crippen molar-refractivity contribution in [2.75, 3.05) is 11.6 Å². The van der Waals surface area contributed by atoms with E-state index in [0.717, 1.165) is 0 Å². The maximum absolute atomic E-state index is 12.5. The topological polar surface area (TPSA) is 116 Å². The number of rotatable bonds is 6. The van der Waals surface area contributed by atoms with Crippen LogP contribution in [-0.2, 0) is 20.8 Å². The minimum atomic E-state index is -1.16. The maximum atomic E-state index is 12.5. The fourth-order valence-corrected chi connectivity index (χ4v) is 4.10. The Morgan fingerprint density at radius 1 is 1.21 bits per heavy atom. The predicted molar refractivity (Wildman–Crippen MR) is 111 cm³/mol. The van der Waals surface area contributed by atoms with Crippen LogP contribution in [0.4, 0.5) is 0 Å². The SMILES string of the molecule is CC(=O)N1CSC[C@@H]1C(=O)N[C@@H](Cc1ccc(C(=O)NC(C)(C)C)cc1)C(=O)O. The van der Waals surface area contributed by atoms with E-state index in [2.05, 4.69) is 10.6 Å². The lowest BCUT2D eigenvalue weighted by atomic mass is 10.0. The van der Waals surface area contributed by atoms with Crippen LogP contribution in [-0.4, -0.2) is 62.9 Å². The standard InChI is InChI=1S/C20H27N3O5S/c1-12(24)23-11-29-10-16(23)18(26)21-15(19(27)28)9-13-5-7-14(8-6-13)17(25)22-20(2,3)4/h5-8,15-16H,9-11H2,1-4H3,(H,21,26)(H,22,25)(H,27,28)/t15-,16+/m0/s1. The summed E-state index contributed by atoms with van der Waals surface area (Å²) in [5, 5.41) is 14.9. The van der Waals surface area contributed by atoms with Crippen LogP contribution in [0.25, 0.3) is 0 Å². The minimum absolute atomic E-state index is 0.0716. The summed E-state index contributed by atoms with van der Waals surface area (Å²) in [5.41, 5.74) is 0.787. The zero-order valence-electron chi connectivity index (χ0n) is 17.0. The first-order valence-corrected chi connectivity index (χ1v) is 10.4. The number of thioether (sulfide) groups is 1. The van der Waals surface area contributed by atoms with Gasteiger partial charge in [-0.3, -0.25) is 14.4 Å². The van der Waals surface area contributed by atoms with Crippen molar-refractivity contribution in [1.29, 1.82) is 0 Å². The average Bonchev–Trinajstić information content (AvgIpc) is 3.10. The smallest absolute Gasteiger partial charge is 0.326 e. The molecule has 9 heteroatoms. The normalized spacial score (nSPS) is 17.5. The van der Waals surface area contributed by atoms with Crippen LogP contribution in [0.3, 0.4) is 0 Å². The van der Waals surface area contributed by atoms with Crippen molar-refractivity contribution < 1.29 is 24.3 Å². The zero-order chi connectivity index (χ0) is 21.8. The van der Waals surface area contributed by atoms with E-state index in [1.807, 2.05) is 20.8 Å². The summed E-state index contributed by atoms with van der Waals surface area (Å²) in [4.78, 5) is 49.4. The van der Waals surface area contributed by atoms with Crippen LogP contribution < -0.4 is 10.6 Å². The molecule has 1 aromatic rings. The van der Waals surface area contributed by atoms with Gasteiger partial charge in [0, 0.05) is 30.2 Å². The van der Waals surface area contributed by atoms with E-state index in [9.17, 15) is 24.3 Å². The number of nitrogens with zero attached hydrogens (tertiary/aromatic N) is 1. The number of aliphatic carboxylic acids is 1. The summed E-state index contributed by atoms with van der Waals surface area (Å²) >= 11 is 1.45. The van der Waals surface area contributed by atoms with Gasteiger partial charge in [-0.25, -0.2) is 4.79 Å². The molecular weight excluding hydrogens is 394 g/mol. The Morgan fingerprint density at radius 2 is 1.83 bits per heavy atom. The Morgan fingerprint density at radius 3 is 2.34 bits per heavy atom. The van der Waals surface area contributed by atoms with E-state index < -0.39 is 24.0 Å². The van der Waals surface area contributed by atoms with Gasteiger partial charge < -0.3 is 20.6 Å². The van der Waals surface area contributed by atoms with Crippen LogP contribution in [0.1, 0.15) is 43.6 Å². The van der Waals surface area contributed by atoms with Crippen LogP contribution in [0.15, 0.2) is 24.3 Å². The van der Waals surface area contributed by atoms with Crippen LogP contribution >= 0.6 is 11.8 Å². The lowest BCUT2D eigenvalue weighted by Crippen LogP contribution is -2.52. The monoisotopic (exact) mass is 421 g/mol. The second-order valence-electron chi connectivity index (χ2n) is 8.01. The summed E-state index contributed by atoms with van der Waals surface area (Å²) in [5.74, 6) is -1.20. The number of carbonyl (C=O) groups excluding carboxylic acids is 3. The lowest BCUT2D eigenvalue weighted by Gasteiger charge is -2.23. The van der Waals surface area contributed by atoms with Gasteiger partial charge in [-0.1, -0.05) is 12.1 Å². The van der Waals surface area contributed by atoms with E-state index in [4.69, 9.17) is 0 Å². The molecule has 0 bridgehead atoms. The van der Waals surface area contributed by atoms with Crippen LogP contribution in [0.2, 0.25) is 0 Å². The van der Waals surface area contributed by atoms with E-state index in [0.29, 0.717) is 22.8 Å². The molecule has 0 unspecified atom stereocenters. The lowest BCUT2D eigenvalue weighted by molar-refractivity contribution is -0.143.